The van der Waals surface area contributed by atoms with E-state index in [-0.39, 0.29) is 17.9 Å². The molecule has 2 N–H and O–H groups in total. The van der Waals surface area contributed by atoms with Crippen LogP contribution in [-0.4, -0.2) is 10.8 Å². The van der Waals surface area contributed by atoms with Gasteiger partial charge in [-0.2, -0.15) is 0 Å². The molecule has 0 spiro atoms. The van der Waals surface area contributed by atoms with Crippen LogP contribution < -0.4 is 5.73 Å². The Hall–Kier alpha value is -2.75. The van der Waals surface area contributed by atoms with Crippen molar-refractivity contribution < 1.29 is 9.18 Å². The summed E-state index contributed by atoms with van der Waals surface area (Å²) in [5.74, 6) is -0.717. The van der Waals surface area contributed by atoms with Gasteiger partial charge in [-0.3, -0.25) is 9.78 Å². The number of hydrogen-bond acceptors (Lipinski definition) is 3. The first-order valence-electron chi connectivity index (χ1n) is 6.56. The van der Waals surface area contributed by atoms with Crippen LogP contribution in [0.5, 0.6) is 0 Å². The van der Waals surface area contributed by atoms with Crippen molar-refractivity contribution in [1.29, 1.82) is 0 Å². The lowest BCUT2D eigenvalue weighted by Crippen LogP contribution is -2.05. The molecule has 0 amide bonds. The lowest BCUT2D eigenvalue weighted by molar-refractivity contribution is 0.0993. The number of anilines is 1. The van der Waals surface area contributed by atoms with Gasteiger partial charge in [-0.15, -0.1) is 0 Å². The van der Waals surface area contributed by atoms with Crippen molar-refractivity contribution in [2.45, 2.75) is 6.42 Å². The molecule has 0 aliphatic rings. The minimum atomic E-state index is -0.569. The number of benzene rings is 2. The van der Waals surface area contributed by atoms with Gasteiger partial charge in [0, 0.05) is 23.6 Å². The highest BCUT2D eigenvalue weighted by molar-refractivity contribution is 5.99. The lowest BCUT2D eigenvalue weighted by atomic mass is 10.00. The highest BCUT2D eigenvalue weighted by Gasteiger charge is 2.11. The maximum absolute atomic E-state index is 13.4. The van der Waals surface area contributed by atoms with E-state index >= 15 is 0 Å². The minimum Gasteiger partial charge on any atom is -0.396 e. The molecule has 0 bridgehead atoms. The largest absolute Gasteiger partial charge is 0.396 e. The summed E-state index contributed by atoms with van der Waals surface area (Å²) in [4.78, 5) is 16.6. The molecular weight excluding hydrogens is 267 g/mol. The zero-order chi connectivity index (χ0) is 14.8. The number of fused-ring (bicyclic) bond motifs is 1. The predicted molar refractivity (Wildman–Crippen MR) is 80.6 cm³/mol. The molecule has 0 aliphatic carbocycles. The molecule has 3 aromatic rings. The maximum atomic E-state index is 13.4. The van der Waals surface area contributed by atoms with Crippen LogP contribution in [0.4, 0.5) is 10.1 Å². The molecule has 0 unspecified atom stereocenters. The first-order valence-corrected chi connectivity index (χ1v) is 6.56. The summed E-state index contributed by atoms with van der Waals surface area (Å²) >= 11 is 0. The number of hydrogen-bond donors (Lipinski definition) is 1. The third-order valence-corrected chi connectivity index (χ3v) is 3.41. The quantitative estimate of drug-likeness (QED) is 0.591. The topological polar surface area (TPSA) is 56.0 Å². The van der Waals surface area contributed by atoms with Crippen LogP contribution in [0, 0.1) is 5.82 Å². The summed E-state index contributed by atoms with van der Waals surface area (Å²) < 4.78 is 13.4. The Kier molecular flexibility index (Phi) is 3.36. The van der Waals surface area contributed by atoms with Gasteiger partial charge in [0.2, 0.25) is 0 Å². The van der Waals surface area contributed by atoms with Crippen LogP contribution in [0.3, 0.4) is 0 Å². The number of halogens is 1. The van der Waals surface area contributed by atoms with Gasteiger partial charge in [0.15, 0.2) is 5.78 Å². The Morgan fingerprint density at radius 1 is 1.14 bits per heavy atom. The number of Topliss-reactive ketones (excluding diaryl/α,β-unsaturated/α-hetero) is 1. The third-order valence-electron chi connectivity index (χ3n) is 3.41. The zero-order valence-corrected chi connectivity index (χ0v) is 11.2. The number of pyridine rings is 1. The third kappa shape index (κ3) is 2.60. The van der Waals surface area contributed by atoms with Crippen molar-refractivity contribution in [3.63, 3.8) is 0 Å². The number of rotatable bonds is 3. The van der Waals surface area contributed by atoms with Gasteiger partial charge in [-0.05, 0) is 35.9 Å². The molecule has 3 nitrogen and oxygen atoms in total. The van der Waals surface area contributed by atoms with Crippen LogP contribution in [0.15, 0.2) is 54.7 Å². The molecule has 0 saturated heterocycles. The fraction of sp³-hybridized carbons (Fsp3) is 0.0588. The minimum absolute atomic E-state index is 0.0425. The summed E-state index contributed by atoms with van der Waals surface area (Å²) in [5, 5.41) is 0.935. The van der Waals surface area contributed by atoms with E-state index < -0.39 is 5.82 Å². The molecule has 0 aliphatic heterocycles. The Bertz CT molecular complexity index is 825. The van der Waals surface area contributed by atoms with Crippen LogP contribution in [-0.2, 0) is 6.42 Å². The van der Waals surface area contributed by atoms with Gasteiger partial charge in [0.05, 0.1) is 11.2 Å². The number of carbonyl (C=O) groups excluding carboxylic acids is 1. The first kappa shape index (κ1) is 13.2. The van der Waals surface area contributed by atoms with Crippen molar-refractivity contribution in [2.24, 2.45) is 0 Å². The lowest BCUT2D eigenvalue weighted by Gasteiger charge is -2.06. The van der Waals surface area contributed by atoms with Gasteiger partial charge in [-0.1, -0.05) is 18.2 Å². The molecule has 0 saturated carbocycles. The average molecular weight is 280 g/mol. The second-order valence-corrected chi connectivity index (χ2v) is 4.82. The molecule has 21 heavy (non-hydrogen) atoms. The number of ketones is 1. The van der Waals surface area contributed by atoms with Crippen molar-refractivity contribution in [3.05, 3.63) is 71.7 Å². The van der Waals surface area contributed by atoms with Gasteiger partial charge in [0.1, 0.15) is 5.82 Å². The highest BCUT2D eigenvalue weighted by Crippen LogP contribution is 2.19. The molecule has 0 radical (unpaired) electrons. The fourth-order valence-electron chi connectivity index (χ4n) is 2.28. The molecule has 2 aromatic carbocycles. The van der Waals surface area contributed by atoms with Crippen LogP contribution in [0.1, 0.15) is 15.9 Å². The van der Waals surface area contributed by atoms with Gasteiger partial charge in [-0.25, -0.2) is 4.39 Å². The SMILES string of the molecule is Nc1ccc(C(=O)Cc2ccnc3ccccc23)cc1F. The van der Waals surface area contributed by atoms with Crippen molar-refractivity contribution in [3.8, 4) is 0 Å². The van der Waals surface area contributed by atoms with E-state index in [1.807, 2.05) is 30.3 Å². The Morgan fingerprint density at radius 3 is 2.76 bits per heavy atom. The van der Waals surface area contributed by atoms with Gasteiger partial charge in [0.25, 0.3) is 0 Å². The molecule has 0 atom stereocenters. The summed E-state index contributed by atoms with van der Waals surface area (Å²) in [6.07, 6.45) is 1.88. The molecule has 0 fully saturated rings. The van der Waals surface area contributed by atoms with E-state index in [4.69, 9.17) is 5.73 Å². The number of nitrogens with two attached hydrogens (primary N) is 1. The second-order valence-electron chi connectivity index (χ2n) is 4.82. The van der Waals surface area contributed by atoms with Gasteiger partial charge >= 0.3 is 0 Å². The van der Waals surface area contributed by atoms with Crippen LogP contribution in [0.2, 0.25) is 0 Å². The van der Waals surface area contributed by atoms with E-state index in [0.717, 1.165) is 16.5 Å². The first-order chi connectivity index (χ1) is 10.1. The summed E-state index contributed by atoms with van der Waals surface area (Å²) in [5.41, 5.74) is 7.50. The standard InChI is InChI=1S/C17H13FN2O/c18-14-9-12(5-6-15(14)19)17(21)10-11-7-8-20-16-4-2-1-3-13(11)16/h1-9H,10,19H2. The van der Waals surface area contributed by atoms with Crippen molar-refractivity contribution in [1.82, 2.24) is 4.98 Å². The molecular formula is C17H13FN2O. The Balaban J connectivity index is 1.94. The van der Waals surface area contributed by atoms with Crippen molar-refractivity contribution >= 4 is 22.4 Å². The average Bonchev–Trinajstić information content (AvgIpc) is 2.50. The monoisotopic (exact) mass is 280 g/mol. The second kappa shape index (κ2) is 5.32. The summed E-state index contributed by atoms with van der Waals surface area (Å²) in [6, 6.07) is 13.6. The predicted octanol–water partition coefficient (Wildman–Crippen LogP) is 3.38. The molecule has 104 valence electrons. The highest BCUT2D eigenvalue weighted by atomic mass is 19.1. The Morgan fingerprint density at radius 2 is 1.95 bits per heavy atom. The smallest absolute Gasteiger partial charge is 0.167 e. The van der Waals surface area contributed by atoms with Crippen LogP contribution in [0.25, 0.3) is 10.9 Å². The molecule has 1 heterocycles. The molecule has 4 heteroatoms. The number of aromatic nitrogens is 1. The van der Waals surface area contributed by atoms with E-state index in [1.165, 1.54) is 12.1 Å². The summed E-state index contributed by atoms with van der Waals surface area (Å²) in [7, 11) is 0. The van der Waals surface area contributed by atoms with Crippen LogP contribution >= 0.6 is 0 Å². The summed E-state index contributed by atoms with van der Waals surface area (Å²) in [6.45, 7) is 0. The van der Waals surface area contributed by atoms with E-state index in [1.54, 1.807) is 12.3 Å². The fourth-order valence-corrected chi connectivity index (χ4v) is 2.28. The number of nitrogens with zero attached hydrogens (tertiary/aromatic N) is 1. The number of carbonyl (C=O) groups is 1. The van der Waals surface area contributed by atoms with Gasteiger partial charge < -0.3 is 5.73 Å². The number of nitrogen functional groups attached to an aromatic ring is 1. The maximum Gasteiger partial charge on any atom is 0.167 e. The van der Waals surface area contributed by atoms with E-state index in [9.17, 15) is 9.18 Å². The molecule has 1 aromatic heterocycles. The number of para-hydroxylation sites is 1. The zero-order valence-electron chi connectivity index (χ0n) is 11.2. The molecule has 3 rings (SSSR count). The van der Waals surface area contributed by atoms with Crippen molar-refractivity contribution in [2.75, 3.05) is 5.73 Å². The van der Waals surface area contributed by atoms with E-state index in [0.29, 0.717) is 5.56 Å². The Labute approximate surface area is 121 Å². The van der Waals surface area contributed by atoms with E-state index in [2.05, 4.69) is 4.98 Å². The normalized spacial score (nSPS) is 10.7.